The minimum absolute atomic E-state index is 0.599. The Morgan fingerprint density at radius 1 is 0.288 bits per heavy atom. The van der Waals surface area contributed by atoms with Gasteiger partial charge in [0.15, 0.2) is 17.5 Å². The SMILES string of the molecule is c1ccc(-c2ccc(-c3nc(-c4ccc(-c5ccc6c(c5)sc5ccccc56)cc4)nc(-c4cccc(-c5ccc6ccccc6c5)c4)n3)c(-n3c4ccccc4c4ccccc43)c2)cc1. The second-order valence-corrected chi connectivity index (χ2v) is 17.9. The molecule has 0 aliphatic carbocycles. The fourth-order valence-electron chi connectivity index (χ4n) is 9.58. The normalized spacial score (nSPS) is 11.6. The van der Waals surface area contributed by atoms with Crippen LogP contribution in [0.5, 0.6) is 0 Å². The highest BCUT2D eigenvalue weighted by molar-refractivity contribution is 7.25. The largest absolute Gasteiger partial charge is 0.308 e. The number of hydrogen-bond acceptors (Lipinski definition) is 4. The molecule has 0 saturated heterocycles. The van der Waals surface area contributed by atoms with Gasteiger partial charge in [0.25, 0.3) is 0 Å². The second kappa shape index (κ2) is 15.6. The van der Waals surface area contributed by atoms with Crippen molar-refractivity contribution in [2.75, 3.05) is 0 Å². The average Bonchev–Trinajstić information content (AvgIpc) is 3.94. The van der Waals surface area contributed by atoms with Crippen LogP contribution in [0, 0.1) is 0 Å². The van der Waals surface area contributed by atoms with Crippen LogP contribution in [0.25, 0.3) is 126 Å². The Balaban J connectivity index is 0.999. The Hall–Kier alpha value is -8.51. The van der Waals surface area contributed by atoms with E-state index in [-0.39, 0.29) is 0 Å². The lowest BCUT2D eigenvalue weighted by atomic mass is 9.99. The zero-order valence-corrected chi connectivity index (χ0v) is 36.5. The fourth-order valence-corrected chi connectivity index (χ4v) is 10.7. The van der Waals surface area contributed by atoms with E-state index in [1.165, 1.54) is 47.3 Å². The molecule has 13 rings (SSSR count). The van der Waals surface area contributed by atoms with Gasteiger partial charge in [-0.1, -0.05) is 182 Å². The van der Waals surface area contributed by atoms with Crippen molar-refractivity contribution in [1.82, 2.24) is 19.5 Å². The minimum Gasteiger partial charge on any atom is -0.308 e. The van der Waals surface area contributed by atoms with Crippen molar-refractivity contribution in [3.8, 4) is 73.2 Å². The van der Waals surface area contributed by atoms with Gasteiger partial charge in [-0.2, -0.15) is 0 Å². The van der Waals surface area contributed by atoms with E-state index in [1.54, 1.807) is 0 Å². The Morgan fingerprint density at radius 3 is 1.61 bits per heavy atom. The fraction of sp³-hybridized carbons (Fsp3) is 0. The van der Waals surface area contributed by atoms with Crippen molar-refractivity contribution in [3.63, 3.8) is 0 Å². The molecule has 0 N–H and O–H groups in total. The number of rotatable bonds is 7. The van der Waals surface area contributed by atoms with Gasteiger partial charge < -0.3 is 4.57 Å². The summed E-state index contributed by atoms with van der Waals surface area (Å²) in [5.74, 6) is 1.82. The van der Waals surface area contributed by atoms with Crippen molar-refractivity contribution < 1.29 is 0 Å². The molecule has 0 radical (unpaired) electrons. The molecule has 0 bridgehead atoms. The lowest BCUT2D eigenvalue weighted by Crippen LogP contribution is -2.04. The first kappa shape index (κ1) is 38.0. The standard InChI is InChI=1S/C61H38N4S/c1-2-13-39(14-3-1)46-32-34-53(56(37-46)65-54-22-9-6-19-49(54)50-20-7-10-23-55(50)65)61-63-59(42-28-25-41(26-29-42)47-31-33-52-51-21-8-11-24-57(51)66-58(52)38-47)62-60(64-61)48-18-12-17-44(36-48)45-30-27-40-15-4-5-16-43(40)35-45/h1-38H. The van der Waals surface area contributed by atoms with Crippen LogP contribution in [0.1, 0.15) is 0 Å². The quantitative estimate of drug-likeness (QED) is 0.160. The molecule has 0 atom stereocenters. The molecule has 0 unspecified atom stereocenters. The predicted octanol–water partition coefficient (Wildman–Crippen LogP) is 16.5. The first-order valence-electron chi connectivity index (χ1n) is 22.2. The summed E-state index contributed by atoms with van der Waals surface area (Å²) >= 11 is 1.84. The lowest BCUT2D eigenvalue weighted by molar-refractivity contribution is 1.06. The number of benzene rings is 10. The molecule has 4 nitrogen and oxygen atoms in total. The van der Waals surface area contributed by atoms with Crippen molar-refractivity contribution in [1.29, 1.82) is 0 Å². The van der Waals surface area contributed by atoms with Crippen LogP contribution < -0.4 is 0 Å². The van der Waals surface area contributed by atoms with E-state index in [0.29, 0.717) is 17.5 Å². The Kier molecular flexibility index (Phi) is 9.00. The van der Waals surface area contributed by atoms with Crippen molar-refractivity contribution in [2.45, 2.75) is 0 Å². The van der Waals surface area contributed by atoms with Crippen LogP contribution in [0.2, 0.25) is 0 Å². The van der Waals surface area contributed by atoms with E-state index in [2.05, 4.69) is 235 Å². The molecule has 5 heteroatoms. The van der Waals surface area contributed by atoms with Crippen molar-refractivity contribution >= 4 is 64.1 Å². The third-order valence-electron chi connectivity index (χ3n) is 12.9. The summed E-state index contributed by atoms with van der Waals surface area (Å²) in [6.45, 7) is 0. The van der Waals surface area contributed by atoms with Gasteiger partial charge in [-0.3, -0.25) is 0 Å². The maximum atomic E-state index is 5.39. The molecular weight excluding hydrogens is 821 g/mol. The van der Waals surface area contributed by atoms with Crippen LogP contribution in [-0.4, -0.2) is 19.5 Å². The van der Waals surface area contributed by atoms with Gasteiger partial charge >= 0.3 is 0 Å². The molecule has 0 aliphatic heterocycles. The summed E-state index contributed by atoms with van der Waals surface area (Å²) in [5.41, 5.74) is 12.8. The molecule has 0 aliphatic rings. The first-order chi connectivity index (χ1) is 32.7. The third-order valence-corrected chi connectivity index (χ3v) is 14.0. The minimum atomic E-state index is 0.599. The van der Waals surface area contributed by atoms with Gasteiger partial charge in [-0.25, -0.2) is 15.0 Å². The summed E-state index contributed by atoms with van der Waals surface area (Å²) in [7, 11) is 0. The van der Waals surface area contributed by atoms with Gasteiger partial charge in [0.05, 0.1) is 16.7 Å². The van der Waals surface area contributed by atoms with E-state index >= 15 is 0 Å². The summed E-state index contributed by atoms with van der Waals surface area (Å²) in [6.07, 6.45) is 0. The average molecular weight is 859 g/mol. The second-order valence-electron chi connectivity index (χ2n) is 16.8. The van der Waals surface area contributed by atoms with Crippen LogP contribution in [0.4, 0.5) is 0 Å². The number of aromatic nitrogens is 4. The molecule has 66 heavy (non-hydrogen) atoms. The molecule has 0 saturated carbocycles. The van der Waals surface area contributed by atoms with Crippen LogP contribution in [0.3, 0.4) is 0 Å². The Bertz CT molecular complexity index is 3940. The van der Waals surface area contributed by atoms with Gasteiger partial charge in [0, 0.05) is 47.6 Å². The van der Waals surface area contributed by atoms with Gasteiger partial charge in [0.1, 0.15) is 0 Å². The first-order valence-corrected chi connectivity index (χ1v) is 23.1. The van der Waals surface area contributed by atoms with Crippen LogP contribution >= 0.6 is 11.3 Å². The van der Waals surface area contributed by atoms with Crippen LogP contribution in [0.15, 0.2) is 231 Å². The highest BCUT2D eigenvalue weighted by atomic mass is 32.1. The van der Waals surface area contributed by atoms with Crippen molar-refractivity contribution in [2.24, 2.45) is 0 Å². The monoisotopic (exact) mass is 858 g/mol. The van der Waals surface area contributed by atoms with E-state index in [9.17, 15) is 0 Å². The molecule has 0 amide bonds. The number of thiophene rings is 1. The topological polar surface area (TPSA) is 43.6 Å². The Morgan fingerprint density at radius 2 is 0.803 bits per heavy atom. The number of hydrogen-bond donors (Lipinski definition) is 0. The molecule has 0 fully saturated rings. The van der Waals surface area contributed by atoms with E-state index < -0.39 is 0 Å². The number of fused-ring (bicyclic) bond motifs is 7. The molecule has 3 aromatic heterocycles. The molecular formula is C61H38N4S. The smallest absolute Gasteiger partial charge is 0.166 e. The Labute approximate surface area is 385 Å². The van der Waals surface area contributed by atoms with E-state index in [1.807, 2.05) is 11.3 Å². The van der Waals surface area contributed by atoms with Gasteiger partial charge in [-0.15, -0.1) is 11.3 Å². The summed E-state index contributed by atoms with van der Waals surface area (Å²) in [4.78, 5) is 16.1. The zero-order valence-electron chi connectivity index (χ0n) is 35.6. The summed E-state index contributed by atoms with van der Waals surface area (Å²) in [5, 5.41) is 7.40. The predicted molar refractivity (Wildman–Crippen MR) is 277 cm³/mol. The molecule has 10 aromatic carbocycles. The highest BCUT2D eigenvalue weighted by Crippen LogP contribution is 2.40. The van der Waals surface area contributed by atoms with Crippen LogP contribution in [-0.2, 0) is 0 Å². The molecule has 308 valence electrons. The zero-order chi connectivity index (χ0) is 43.6. The van der Waals surface area contributed by atoms with Gasteiger partial charge in [-0.05, 0) is 92.7 Å². The summed E-state index contributed by atoms with van der Waals surface area (Å²) in [6, 6.07) is 82.3. The number of para-hydroxylation sites is 2. The van der Waals surface area contributed by atoms with E-state index in [4.69, 9.17) is 15.0 Å². The number of nitrogens with zero attached hydrogens (tertiary/aromatic N) is 4. The van der Waals surface area contributed by atoms with Gasteiger partial charge in [0.2, 0.25) is 0 Å². The highest BCUT2D eigenvalue weighted by Gasteiger charge is 2.21. The maximum absolute atomic E-state index is 5.39. The molecule has 0 spiro atoms. The van der Waals surface area contributed by atoms with Crippen molar-refractivity contribution in [3.05, 3.63) is 231 Å². The molecule has 3 heterocycles. The summed E-state index contributed by atoms with van der Waals surface area (Å²) < 4.78 is 4.96. The maximum Gasteiger partial charge on any atom is 0.166 e. The van der Waals surface area contributed by atoms with E-state index in [0.717, 1.165) is 61.2 Å². The molecule has 13 aromatic rings. The lowest BCUT2D eigenvalue weighted by Gasteiger charge is -2.16. The third kappa shape index (κ3) is 6.56.